The summed E-state index contributed by atoms with van der Waals surface area (Å²) >= 11 is 0. The molecule has 21 heavy (non-hydrogen) atoms. The predicted molar refractivity (Wildman–Crippen MR) is 71.0 cm³/mol. The molecule has 0 bridgehead atoms. The number of rotatable bonds is 3. The number of nitrogens with one attached hydrogen (secondary N) is 1. The van der Waals surface area contributed by atoms with E-state index in [-0.39, 0.29) is 17.6 Å². The molecule has 4 nitrogen and oxygen atoms in total. The summed E-state index contributed by atoms with van der Waals surface area (Å²) in [7, 11) is 0. The van der Waals surface area contributed by atoms with Crippen LogP contribution in [0.15, 0.2) is 29.3 Å². The molecule has 2 rings (SSSR count). The molecule has 1 amide bonds. The van der Waals surface area contributed by atoms with Gasteiger partial charge in [-0.1, -0.05) is 6.07 Å². The number of aliphatic imine (C=N–C) groups is 1. The average molecular weight is 300 g/mol. The molecule has 0 aromatic heterocycles. The topological polar surface area (TPSA) is 50.7 Å². The van der Waals surface area contributed by atoms with E-state index in [1.807, 2.05) is 0 Å². The number of halogens is 3. The van der Waals surface area contributed by atoms with Crippen molar-refractivity contribution >= 4 is 11.9 Å². The number of hydrogen-bond acceptors (Lipinski definition) is 3. The van der Waals surface area contributed by atoms with Gasteiger partial charge in [-0.05, 0) is 38.0 Å². The molecule has 1 aliphatic rings. The first kappa shape index (κ1) is 15.3. The van der Waals surface area contributed by atoms with Gasteiger partial charge in [-0.2, -0.15) is 13.2 Å². The van der Waals surface area contributed by atoms with E-state index in [2.05, 4.69) is 10.3 Å². The van der Waals surface area contributed by atoms with Gasteiger partial charge in [0.15, 0.2) is 0 Å². The van der Waals surface area contributed by atoms with E-state index in [1.165, 1.54) is 12.1 Å². The molecule has 0 atom stereocenters. The van der Waals surface area contributed by atoms with Crippen LogP contribution in [0.1, 0.15) is 35.7 Å². The number of alkyl halides is 3. The van der Waals surface area contributed by atoms with E-state index in [9.17, 15) is 18.0 Å². The second kappa shape index (κ2) is 6.15. The van der Waals surface area contributed by atoms with Crippen molar-refractivity contribution in [3.05, 3.63) is 35.4 Å². The maximum Gasteiger partial charge on any atom is 0.416 e. The van der Waals surface area contributed by atoms with Crippen LogP contribution in [0.3, 0.4) is 0 Å². The van der Waals surface area contributed by atoms with Gasteiger partial charge in [0.05, 0.1) is 18.2 Å². The molecule has 1 aliphatic carbocycles. The monoisotopic (exact) mass is 300 g/mol. The van der Waals surface area contributed by atoms with Gasteiger partial charge >= 0.3 is 6.18 Å². The molecule has 1 fully saturated rings. The van der Waals surface area contributed by atoms with E-state index in [0.29, 0.717) is 6.61 Å². The zero-order chi connectivity index (χ0) is 15.5. The molecule has 0 unspecified atom stereocenters. The van der Waals surface area contributed by atoms with Gasteiger partial charge in [0.2, 0.25) is 0 Å². The largest absolute Gasteiger partial charge is 0.465 e. The lowest BCUT2D eigenvalue weighted by Crippen LogP contribution is -2.33. The van der Waals surface area contributed by atoms with Crippen molar-refractivity contribution in [1.82, 2.24) is 5.32 Å². The summed E-state index contributed by atoms with van der Waals surface area (Å²) in [6, 6.07) is 4.41. The van der Waals surface area contributed by atoms with Gasteiger partial charge in [0.1, 0.15) is 0 Å². The summed E-state index contributed by atoms with van der Waals surface area (Å²) in [5, 5.41) is 2.41. The molecule has 0 saturated heterocycles. The molecule has 0 spiro atoms. The van der Waals surface area contributed by atoms with E-state index in [4.69, 9.17) is 4.74 Å². The van der Waals surface area contributed by atoms with E-state index >= 15 is 0 Å². The van der Waals surface area contributed by atoms with Crippen LogP contribution in [0.25, 0.3) is 0 Å². The van der Waals surface area contributed by atoms with Gasteiger partial charge in [0.25, 0.3) is 11.9 Å². The number of amides is 1. The maximum atomic E-state index is 12.6. The molecular weight excluding hydrogens is 285 g/mol. The minimum Gasteiger partial charge on any atom is -0.465 e. The first-order chi connectivity index (χ1) is 9.90. The maximum absolute atomic E-state index is 12.6. The highest BCUT2D eigenvalue weighted by Crippen LogP contribution is 2.29. The number of ether oxygens (including phenoxy) is 1. The third-order valence-corrected chi connectivity index (χ3v) is 2.80. The lowest BCUT2D eigenvalue weighted by atomic mass is 10.1. The highest BCUT2D eigenvalue weighted by Gasteiger charge is 2.31. The Kier molecular flexibility index (Phi) is 4.50. The Labute approximate surface area is 120 Å². The fraction of sp³-hybridized carbons (Fsp3) is 0.429. The Morgan fingerprint density at radius 1 is 1.43 bits per heavy atom. The molecule has 7 heteroatoms. The summed E-state index contributed by atoms with van der Waals surface area (Å²) in [5.41, 5.74) is -0.958. The summed E-state index contributed by atoms with van der Waals surface area (Å²) in [6.07, 6.45) is -2.63. The Balaban J connectivity index is 2.12. The third kappa shape index (κ3) is 4.47. The van der Waals surface area contributed by atoms with Crippen LogP contribution in [0.4, 0.5) is 13.2 Å². The van der Waals surface area contributed by atoms with Crippen LogP contribution in [0.5, 0.6) is 0 Å². The van der Waals surface area contributed by atoms with Crippen molar-refractivity contribution in [2.45, 2.75) is 32.0 Å². The summed E-state index contributed by atoms with van der Waals surface area (Å²) in [5.74, 6) is -0.672. The molecule has 1 aromatic carbocycles. The van der Waals surface area contributed by atoms with Crippen molar-refractivity contribution in [1.29, 1.82) is 0 Å². The molecule has 0 heterocycles. The second-order valence-electron chi connectivity index (χ2n) is 4.63. The number of amidine groups is 1. The number of carbonyl (C=O) groups is 1. The predicted octanol–water partition coefficient (Wildman–Crippen LogP) is 2.99. The van der Waals surface area contributed by atoms with Crippen LogP contribution in [-0.2, 0) is 10.9 Å². The van der Waals surface area contributed by atoms with Crippen LogP contribution in [0, 0.1) is 0 Å². The first-order valence-electron chi connectivity index (χ1n) is 6.59. The van der Waals surface area contributed by atoms with Gasteiger partial charge in [0, 0.05) is 5.56 Å². The zero-order valence-corrected chi connectivity index (χ0v) is 11.4. The smallest absolute Gasteiger partial charge is 0.416 e. The van der Waals surface area contributed by atoms with Crippen LogP contribution >= 0.6 is 0 Å². The first-order valence-corrected chi connectivity index (χ1v) is 6.59. The summed E-state index contributed by atoms with van der Waals surface area (Å²) in [4.78, 5) is 16.1. The lowest BCUT2D eigenvalue weighted by molar-refractivity contribution is -0.137. The van der Waals surface area contributed by atoms with E-state index in [1.54, 1.807) is 6.92 Å². The highest BCUT2D eigenvalue weighted by atomic mass is 19.4. The SMILES string of the molecule is CCOC(=NC1CC1)NC(=O)c1cccc(C(F)(F)F)c1. The molecule has 1 N–H and O–H groups in total. The quantitative estimate of drug-likeness (QED) is 0.689. The third-order valence-electron chi connectivity index (χ3n) is 2.80. The van der Waals surface area contributed by atoms with Crippen LogP contribution in [-0.4, -0.2) is 24.6 Å². The van der Waals surface area contributed by atoms with Crippen molar-refractivity contribution in [3.8, 4) is 0 Å². The molecular formula is C14H15F3N2O2. The van der Waals surface area contributed by atoms with Crippen molar-refractivity contribution in [2.24, 2.45) is 4.99 Å². The Morgan fingerprint density at radius 2 is 2.14 bits per heavy atom. The summed E-state index contributed by atoms with van der Waals surface area (Å²) in [6.45, 7) is 2.05. The molecule has 1 aromatic rings. The number of carbonyl (C=O) groups excluding carboxylic acids is 1. The van der Waals surface area contributed by atoms with E-state index < -0.39 is 17.6 Å². The molecule has 0 aliphatic heterocycles. The van der Waals surface area contributed by atoms with Crippen LogP contribution in [0.2, 0.25) is 0 Å². The second-order valence-corrected chi connectivity index (χ2v) is 4.63. The zero-order valence-electron chi connectivity index (χ0n) is 11.4. The number of nitrogens with zero attached hydrogens (tertiary/aromatic N) is 1. The van der Waals surface area contributed by atoms with Gasteiger partial charge < -0.3 is 4.74 Å². The highest BCUT2D eigenvalue weighted by molar-refractivity contribution is 6.04. The average Bonchev–Trinajstić information content (AvgIpc) is 3.22. The lowest BCUT2D eigenvalue weighted by Gasteiger charge is -2.11. The normalized spacial score (nSPS) is 15.7. The summed E-state index contributed by atoms with van der Waals surface area (Å²) < 4.78 is 43.0. The molecule has 0 radical (unpaired) electrons. The Morgan fingerprint density at radius 3 is 2.71 bits per heavy atom. The fourth-order valence-corrected chi connectivity index (χ4v) is 1.62. The standard InChI is InChI=1S/C14H15F3N2O2/c1-2-21-13(18-11-6-7-11)19-12(20)9-4-3-5-10(8-9)14(15,16)17/h3-5,8,11H,2,6-7H2,1H3,(H,18,19,20). The van der Waals surface area contributed by atoms with Crippen LogP contribution < -0.4 is 5.32 Å². The molecule has 1 saturated carbocycles. The van der Waals surface area contributed by atoms with Gasteiger partial charge in [-0.25, -0.2) is 4.99 Å². The molecule has 114 valence electrons. The Hall–Kier alpha value is -2.05. The van der Waals surface area contributed by atoms with Crippen molar-refractivity contribution < 1.29 is 22.7 Å². The van der Waals surface area contributed by atoms with Crippen molar-refractivity contribution in [2.75, 3.05) is 6.61 Å². The van der Waals surface area contributed by atoms with E-state index in [0.717, 1.165) is 25.0 Å². The number of hydrogen-bond donors (Lipinski definition) is 1. The number of benzene rings is 1. The minimum atomic E-state index is -4.48. The fourth-order valence-electron chi connectivity index (χ4n) is 1.62. The van der Waals surface area contributed by atoms with Gasteiger partial charge in [-0.15, -0.1) is 0 Å². The Bertz CT molecular complexity index is 551. The van der Waals surface area contributed by atoms with Crippen molar-refractivity contribution in [3.63, 3.8) is 0 Å². The van der Waals surface area contributed by atoms with Gasteiger partial charge in [-0.3, -0.25) is 10.1 Å². The minimum absolute atomic E-state index is 0.0578.